The molecule has 0 bridgehead atoms. The molecule has 0 aromatic heterocycles. The number of unbranched alkanes of at least 4 members (excludes halogenated alkanes) is 4. The zero-order valence-electron chi connectivity index (χ0n) is 28.7. The molecule has 2 atom stereocenters. The number of anilines is 2. The first-order valence-electron chi connectivity index (χ1n) is 16.5. The molecule has 3 N–H and O–H groups in total. The van der Waals surface area contributed by atoms with E-state index in [0.29, 0.717) is 50.8 Å². The Morgan fingerprint density at radius 3 is 1.59 bits per heavy atom. The molecule has 0 heterocycles. The van der Waals surface area contributed by atoms with E-state index in [1.807, 2.05) is 72.8 Å². The maximum Gasteiger partial charge on any atom is 0.305 e. The molecular formula is C38H50N2O9. The first-order chi connectivity index (χ1) is 23.7. The van der Waals surface area contributed by atoms with Crippen LogP contribution < -0.4 is 15.4 Å². The van der Waals surface area contributed by atoms with E-state index in [9.17, 15) is 24.3 Å². The molecule has 0 saturated heterocycles. The molecule has 0 fully saturated rings. The predicted molar refractivity (Wildman–Crippen MR) is 188 cm³/mol. The zero-order chi connectivity index (χ0) is 35.7. The van der Waals surface area contributed by atoms with Crippen LogP contribution in [0.5, 0.6) is 5.75 Å². The Balaban J connectivity index is 0.000000365. The van der Waals surface area contributed by atoms with Crippen LogP contribution in [0.2, 0.25) is 0 Å². The van der Waals surface area contributed by atoms with Crippen molar-refractivity contribution in [1.82, 2.24) is 0 Å². The summed E-state index contributed by atoms with van der Waals surface area (Å²) < 4.78 is 20.3. The molecule has 0 aliphatic heterocycles. The molecule has 266 valence electrons. The fourth-order valence-electron chi connectivity index (χ4n) is 4.59. The van der Waals surface area contributed by atoms with E-state index in [1.165, 1.54) is 14.2 Å². The van der Waals surface area contributed by atoms with E-state index in [4.69, 9.17) is 9.47 Å². The van der Waals surface area contributed by atoms with Gasteiger partial charge in [0.25, 0.3) is 11.8 Å². The summed E-state index contributed by atoms with van der Waals surface area (Å²) in [5, 5.41) is 15.3. The molecule has 0 aliphatic rings. The second kappa shape index (κ2) is 24.4. The number of ether oxygens (including phenoxy) is 4. The van der Waals surface area contributed by atoms with Crippen molar-refractivity contribution in [2.75, 3.05) is 32.0 Å². The third-order valence-corrected chi connectivity index (χ3v) is 7.45. The number of methoxy groups -OCH3 is 3. The van der Waals surface area contributed by atoms with E-state index in [2.05, 4.69) is 20.1 Å². The minimum Gasteiger partial charge on any atom is -0.497 e. The number of esters is 2. The van der Waals surface area contributed by atoms with Gasteiger partial charge in [-0.25, -0.2) is 0 Å². The van der Waals surface area contributed by atoms with Crippen molar-refractivity contribution in [3.05, 3.63) is 90.5 Å². The van der Waals surface area contributed by atoms with E-state index in [1.54, 1.807) is 19.2 Å². The fourth-order valence-corrected chi connectivity index (χ4v) is 4.59. The maximum absolute atomic E-state index is 12.7. The van der Waals surface area contributed by atoms with Crippen LogP contribution in [0.25, 0.3) is 0 Å². The Labute approximate surface area is 289 Å². The topological polar surface area (TPSA) is 149 Å². The van der Waals surface area contributed by atoms with Crippen LogP contribution in [0.1, 0.15) is 69.8 Å². The van der Waals surface area contributed by atoms with Crippen molar-refractivity contribution in [2.45, 2.75) is 83.0 Å². The van der Waals surface area contributed by atoms with E-state index in [0.717, 1.165) is 42.7 Å². The van der Waals surface area contributed by atoms with Crippen molar-refractivity contribution in [3.8, 4) is 5.75 Å². The molecule has 49 heavy (non-hydrogen) atoms. The quantitative estimate of drug-likeness (QED) is 0.0905. The number of rotatable bonds is 20. The molecule has 0 saturated carbocycles. The minimum atomic E-state index is -1.02. The number of carbonyl (C=O) groups excluding carboxylic acids is 4. The van der Waals surface area contributed by atoms with Gasteiger partial charge in [0.2, 0.25) is 0 Å². The average molecular weight is 679 g/mol. The number of amides is 2. The molecule has 2 unspecified atom stereocenters. The number of hydrogen-bond donors (Lipinski definition) is 3. The number of aliphatic hydroxyl groups excluding tert-OH is 1. The standard InChI is InChI=1S/C23H29NO5.C15H21NO4/c1-27-20-15-13-18(14-16-20)17-29-21(11-7-4-8-12-22(25)28-2)23(26)24-19-9-5-3-6-10-19;1-20-14(18)11-7-3-6-10-13(17)15(19)16-12-8-4-2-5-9-12/h3,5-6,9-10,13-16,21H,4,7-8,11-12,17H2,1-2H3,(H,24,26);2,4-5,8-9,13,17H,3,6-7,10-11H2,1H3,(H,16,19). The Morgan fingerprint density at radius 2 is 1.10 bits per heavy atom. The van der Waals surface area contributed by atoms with Crippen LogP contribution in [0.3, 0.4) is 0 Å². The molecule has 11 nitrogen and oxygen atoms in total. The lowest BCUT2D eigenvalue weighted by molar-refractivity contribution is -0.141. The first-order valence-corrected chi connectivity index (χ1v) is 16.5. The van der Waals surface area contributed by atoms with Gasteiger partial charge in [-0.3, -0.25) is 19.2 Å². The summed E-state index contributed by atoms with van der Waals surface area (Å²) in [7, 11) is 4.37. The molecule has 11 heteroatoms. The highest BCUT2D eigenvalue weighted by Gasteiger charge is 2.19. The van der Waals surface area contributed by atoms with Crippen molar-refractivity contribution >= 4 is 35.1 Å². The molecule has 0 radical (unpaired) electrons. The van der Waals surface area contributed by atoms with Gasteiger partial charge < -0.3 is 34.7 Å². The smallest absolute Gasteiger partial charge is 0.305 e. The van der Waals surface area contributed by atoms with Crippen molar-refractivity contribution in [3.63, 3.8) is 0 Å². The molecule has 3 aromatic carbocycles. The lowest BCUT2D eigenvalue weighted by atomic mass is 10.1. The van der Waals surface area contributed by atoms with Crippen LogP contribution in [-0.4, -0.2) is 62.4 Å². The Bertz CT molecular complexity index is 1370. The largest absolute Gasteiger partial charge is 0.497 e. The van der Waals surface area contributed by atoms with Crippen LogP contribution in [0.15, 0.2) is 84.9 Å². The van der Waals surface area contributed by atoms with Gasteiger partial charge >= 0.3 is 11.9 Å². The monoisotopic (exact) mass is 678 g/mol. The van der Waals surface area contributed by atoms with Gasteiger partial charge in [-0.15, -0.1) is 0 Å². The van der Waals surface area contributed by atoms with Gasteiger partial charge in [-0.05, 0) is 67.6 Å². The average Bonchev–Trinajstić information content (AvgIpc) is 3.13. The molecule has 3 rings (SSSR count). The van der Waals surface area contributed by atoms with Gasteiger partial charge in [-0.2, -0.15) is 0 Å². The summed E-state index contributed by atoms with van der Waals surface area (Å²) in [6.07, 6.45) is 4.68. The summed E-state index contributed by atoms with van der Waals surface area (Å²) in [5.41, 5.74) is 2.37. The summed E-state index contributed by atoms with van der Waals surface area (Å²) >= 11 is 0. The number of nitrogens with one attached hydrogen (secondary N) is 2. The highest BCUT2D eigenvalue weighted by atomic mass is 16.5. The van der Waals surface area contributed by atoms with Crippen LogP contribution in [0, 0.1) is 0 Å². The predicted octanol–water partition coefficient (Wildman–Crippen LogP) is 6.45. The third kappa shape index (κ3) is 17.8. The molecule has 0 spiro atoms. The van der Waals surface area contributed by atoms with Gasteiger partial charge in [0, 0.05) is 24.2 Å². The SMILES string of the molecule is COC(=O)CCCCCC(O)C(=O)Nc1ccccc1.COC(=O)CCCCCC(OCc1ccc(OC)cc1)C(=O)Nc1ccccc1. The van der Waals surface area contributed by atoms with E-state index >= 15 is 0 Å². The summed E-state index contributed by atoms with van der Waals surface area (Å²) in [6, 6.07) is 25.9. The van der Waals surface area contributed by atoms with E-state index < -0.39 is 18.1 Å². The Morgan fingerprint density at radius 1 is 0.612 bits per heavy atom. The van der Waals surface area contributed by atoms with Crippen molar-refractivity contribution in [2.24, 2.45) is 0 Å². The fraction of sp³-hybridized carbons (Fsp3) is 0.421. The summed E-state index contributed by atoms with van der Waals surface area (Å²) in [5.74, 6) is -0.230. The second-order valence-corrected chi connectivity index (χ2v) is 11.2. The summed E-state index contributed by atoms with van der Waals surface area (Å²) in [6.45, 7) is 0.332. The normalized spacial score (nSPS) is 11.6. The number of para-hydroxylation sites is 2. The van der Waals surface area contributed by atoms with Crippen molar-refractivity contribution in [1.29, 1.82) is 0 Å². The highest BCUT2D eigenvalue weighted by molar-refractivity contribution is 5.94. The lowest BCUT2D eigenvalue weighted by Gasteiger charge is -2.18. The molecule has 0 aliphatic carbocycles. The number of aliphatic hydroxyl groups is 1. The third-order valence-electron chi connectivity index (χ3n) is 7.45. The Hall–Kier alpha value is -4.74. The van der Waals surface area contributed by atoms with Gasteiger partial charge in [0.15, 0.2) is 0 Å². The number of benzene rings is 3. The van der Waals surface area contributed by atoms with Crippen LogP contribution >= 0.6 is 0 Å². The Kier molecular flexibility index (Phi) is 20.1. The molecule has 3 aromatic rings. The number of carbonyl (C=O) groups is 4. The zero-order valence-corrected chi connectivity index (χ0v) is 28.7. The molecule has 2 amide bonds. The van der Waals surface area contributed by atoms with Crippen molar-refractivity contribution < 1.29 is 43.2 Å². The van der Waals surface area contributed by atoms with Gasteiger partial charge in [0.05, 0.1) is 27.9 Å². The maximum atomic E-state index is 12.7. The second-order valence-electron chi connectivity index (χ2n) is 11.2. The van der Waals surface area contributed by atoms with Crippen LogP contribution in [-0.2, 0) is 40.0 Å². The van der Waals surface area contributed by atoms with E-state index in [-0.39, 0.29) is 17.8 Å². The number of hydrogen-bond acceptors (Lipinski definition) is 9. The summed E-state index contributed by atoms with van der Waals surface area (Å²) in [4.78, 5) is 46.5. The molecular weight excluding hydrogens is 628 g/mol. The van der Waals surface area contributed by atoms with Crippen LogP contribution in [0.4, 0.5) is 11.4 Å². The highest BCUT2D eigenvalue weighted by Crippen LogP contribution is 2.17. The van der Waals surface area contributed by atoms with Gasteiger partial charge in [-0.1, -0.05) is 74.2 Å². The lowest BCUT2D eigenvalue weighted by Crippen LogP contribution is -2.30. The first kappa shape index (κ1) is 40.4. The minimum absolute atomic E-state index is 0.169. The van der Waals surface area contributed by atoms with Gasteiger partial charge in [0.1, 0.15) is 18.0 Å².